The van der Waals surface area contributed by atoms with Gasteiger partial charge in [0.1, 0.15) is 17.3 Å². The van der Waals surface area contributed by atoms with Gasteiger partial charge in [-0.15, -0.1) is 0 Å². The zero-order valence-corrected chi connectivity index (χ0v) is 18.2. The molecular formula is C25H21N3O6. The molecule has 1 aliphatic rings. The molecule has 1 aliphatic heterocycles. The molecule has 3 aromatic rings. The standard InChI is InChI=1S/C25H21N3O6/c1-2-15-34-19-12-8-17(9-13-19)23(29)21-22(16-6-10-18(11-7-16)28(32)33)27(25(31)24(21)30)20-5-3-4-14-26-20/h3-14,22,29H,2,15H2,1H3/b23-21+/t22-/m0/s1. The molecule has 34 heavy (non-hydrogen) atoms. The van der Waals surface area contributed by atoms with Gasteiger partial charge in [0.25, 0.3) is 11.5 Å². The molecular weight excluding hydrogens is 438 g/mol. The van der Waals surface area contributed by atoms with Crippen LogP contribution in [0.5, 0.6) is 5.75 Å². The van der Waals surface area contributed by atoms with E-state index in [-0.39, 0.29) is 22.8 Å². The van der Waals surface area contributed by atoms with Crippen LogP contribution in [0.3, 0.4) is 0 Å². The number of nitro benzene ring substituents is 1. The van der Waals surface area contributed by atoms with Gasteiger partial charge < -0.3 is 9.84 Å². The fourth-order valence-corrected chi connectivity index (χ4v) is 3.74. The molecule has 1 N–H and O–H groups in total. The van der Waals surface area contributed by atoms with Crippen LogP contribution in [0.25, 0.3) is 5.76 Å². The Labute approximate surface area is 195 Å². The highest BCUT2D eigenvalue weighted by molar-refractivity contribution is 6.51. The highest BCUT2D eigenvalue weighted by Gasteiger charge is 2.47. The minimum Gasteiger partial charge on any atom is -0.507 e. The number of nitro groups is 1. The summed E-state index contributed by atoms with van der Waals surface area (Å²) in [6.07, 6.45) is 2.32. The third-order valence-electron chi connectivity index (χ3n) is 5.36. The number of carbonyl (C=O) groups excluding carboxylic acids is 2. The minimum absolute atomic E-state index is 0.133. The molecule has 0 radical (unpaired) electrons. The van der Waals surface area contributed by atoms with E-state index in [9.17, 15) is 24.8 Å². The Kier molecular flexibility index (Phi) is 6.35. The summed E-state index contributed by atoms with van der Waals surface area (Å²) in [4.78, 5) is 42.1. The second kappa shape index (κ2) is 9.53. The van der Waals surface area contributed by atoms with Crippen molar-refractivity contribution in [2.45, 2.75) is 19.4 Å². The number of pyridine rings is 1. The van der Waals surface area contributed by atoms with Crippen LogP contribution >= 0.6 is 0 Å². The van der Waals surface area contributed by atoms with Crippen LogP contribution < -0.4 is 9.64 Å². The van der Waals surface area contributed by atoms with E-state index in [0.717, 1.165) is 6.42 Å². The van der Waals surface area contributed by atoms with Gasteiger partial charge in [0.2, 0.25) is 0 Å². The second-order valence-corrected chi connectivity index (χ2v) is 7.58. The van der Waals surface area contributed by atoms with E-state index in [4.69, 9.17) is 4.74 Å². The highest BCUT2D eigenvalue weighted by Crippen LogP contribution is 2.41. The van der Waals surface area contributed by atoms with E-state index in [2.05, 4.69) is 4.98 Å². The van der Waals surface area contributed by atoms with Gasteiger partial charge in [-0.1, -0.05) is 13.0 Å². The number of ether oxygens (including phenoxy) is 1. The van der Waals surface area contributed by atoms with Crippen LogP contribution in [0, 0.1) is 10.1 Å². The Bertz CT molecular complexity index is 1250. The molecule has 172 valence electrons. The predicted molar refractivity (Wildman–Crippen MR) is 124 cm³/mol. The number of nitrogens with zero attached hydrogens (tertiary/aromatic N) is 3. The first-order valence-corrected chi connectivity index (χ1v) is 10.6. The zero-order valence-electron chi connectivity index (χ0n) is 18.2. The number of carbonyl (C=O) groups is 2. The Morgan fingerprint density at radius 2 is 1.79 bits per heavy atom. The van der Waals surface area contributed by atoms with Crippen LogP contribution in [0.4, 0.5) is 11.5 Å². The van der Waals surface area contributed by atoms with Crippen molar-refractivity contribution in [3.05, 3.63) is 99.7 Å². The van der Waals surface area contributed by atoms with Crippen LogP contribution in [-0.4, -0.2) is 33.3 Å². The van der Waals surface area contributed by atoms with Gasteiger partial charge in [-0.2, -0.15) is 0 Å². The summed E-state index contributed by atoms with van der Waals surface area (Å²) in [7, 11) is 0. The molecule has 1 saturated heterocycles. The van der Waals surface area contributed by atoms with E-state index in [1.54, 1.807) is 42.5 Å². The number of aliphatic hydroxyl groups excluding tert-OH is 1. The summed E-state index contributed by atoms with van der Waals surface area (Å²) in [6, 6.07) is 15.9. The van der Waals surface area contributed by atoms with Crippen LogP contribution in [0.2, 0.25) is 0 Å². The Morgan fingerprint density at radius 1 is 1.09 bits per heavy atom. The summed E-state index contributed by atoms with van der Waals surface area (Å²) < 4.78 is 5.56. The molecule has 2 aromatic carbocycles. The number of aliphatic hydroxyl groups is 1. The van der Waals surface area contributed by atoms with Gasteiger partial charge in [-0.3, -0.25) is 24.6 Å². The molecule has 2 heterocycles. The fraction of sp³-hybridized carbons (Fsp3) is 0.160. The molecule has 0 aliphatic carbocycles. The van der Waals surface area contributed by atoms with Crippen molar-refractivity contribution in [2.24, 2.45) is 0 Å². The first-order valence-electron chi connectivity index (χ1n) is 10.6. The van der Waals surface area contributed by atoms with Crippen molar-refractivity contribution in [1.29, 1.82) is 0 Å². The van der Waals surface area contributed by atoms with Gasteiger partial charge in [0, 0.05) is 23.9 Å². The summed E-state index contributed by atoms with van der Waals surface area (Å²) in [5.41, 5.74) is 0.475. The number of hydrogen-bond donors (Lipinski definition) is 1. The van der Waals surface area contributed by atoms with Gasteiger partial charge in [-0.25, -0.2) is 4.98 Å². The molecule has 1 atom stereocenters. The van der Waals surface area contributed by atoms with Gasteiger partial charge >= 0.3 is 5.91 Å². The SMILES string of the molecule is CCCOc1ccc(/C(O)=C2\C(=O)C(=O)N(c3ccccn3)[C@H]2c2ccc([N+](=O)[O-])cc2)cc1. The largest absolute Gasteiger partial charge is 0.507 e. The van der Waals surface area contributed by atoms with E-state index in [0.29, 0.717) is 23.5 Å². The van der Waals surface area contributed by atoms with Crippen molar-refractivity contribution in [3.8, 4) is 5.75 Å². The predicted octanol–water partition coefficient (Wildman–Crippen LogP) is 4.40. The maximum absolute atomic E-state index is 13.1. The summed E-state index contributed by atoms with van der Waals surface area (Å²) >= 11 is 0. The van der Waals surface area contributed by atoms with Gasteiger partial charge in [0.15, 0.2) is 0 Å². The van der Waals surface area contributed by atoms with Crippen molar-refractivity contribution in [1.82, 2.24) is 4.98 Å². The molecule has 0 spiro atoms. The fourth-order valence-electron chi connectivity index (χ4n) is 3.74. The first kappa shape index (κ1) is 22.7. The lowest BCUT2D eigenvalue weighted by molar-refractivity contribution is -0.384. The third-order valence-corrected chi connectivity index (χ3v) is 5.36. The van der Waals surface area contributed by atoms with E-state index in [1.807, 2.05) is 6.92 Å². The van der Waals surface area contributed by atoms with E-state index >= 15 is 0 Å². The summed E-state index contributed by atoms with van der Waals surface area (Å²) in [5.74, 6) is -1.26. The second-order valence-electron chi connectivity index (χ2n) is 7.58. The Balaban J connectivity index is 1.84. The van der Waals surface area contributed by atoms with Crippen molar-refractivity contribution < 1.29 is 24.4 Å². The van der Waals surface area contributed by atoms with Crippen LogP contribution in [0.15, 0.2) is 78.5 Å². The molecule has 1 aromatic heterocycles. The van der Waals surface area contributed by atoms with E-state index in [1.165, 1.54) is 35.4 Å². The average Bonchev–Trinajstić information content (AvgIpc) is 3.13. The smallest absolute Gasteiger partial charge is 0.301 e. The number of benzene rings is 2. The van der Waals surface area contributed by atoms with E-state index < -0.39 is 22.7 Å². The average molecular weight is 459 g/mol. The molecule has 0 unspecified atom stereocenters. The summed E-state index contributed by atoms with van der Waals surface area (Å²) in [5, 5.41) is 22.2. The molecule has 0 saturated carbocycles. The molecule has 0 bridgehead atoms. The van der Waals surface area contributed by atoms with Crippen molar-refractivity contribution in [3.63, 3.8) is 0 Å². The van der Waals surface area contributed by atoms with Gasteiger partial charge in [0.05, 0.1) is 23.1 Å². The maximum atomic E-state index is 13.1. The number of rotatable bonds is 7. The number of Topliss-reactive ketones (excluding diaryl/α,β-unsaturated/α-hetero) is 1. The lowest BCUT2D eigenvalue weighted by Gasteiger charge is -2.24. The van der Waals surface area contributed by atoms with Gasteiger partial charge in [-0.05, 0) is 60.5 Å². The number of non-ortho nitro benzene ring substituents is 1. The number of aromatic nitrogens is 1. The molecule has 9 nitrogen and oxygen atoms in total. The Hall–Kier alpha value is -4.53. The maximum Gasteiger partial charge on any atom is 0.301 e. The van der Waals surface area contributed by atoms with Crippen LogP contribution in [-0.2, 0) is 9.59 Å². The minimum atomic E-state index is -1.02. The van der Waals surface area contributed by atoms with Crippen molar-refractivity contribution >= 4 is 29.0 Å². The molecule has 1 amide bonds. The normalized spacial score (nSPS) is 17.1. The highest BCUT2D eigenvalue weighted by atomic mass is 16.6. The Morgan fingerprint density at radius 3 is 2.38 bits per heavy atom. The summed E-state index contributed by atoms with van der Waals surface area (Å²) in [6.45, 7) is 2.53. The van der Waals surface area contributed by atoms with Crippen LogP contribution in [0.1, 0.15) is 30.5 Å². The van der Waals surface area contributed by atoms with Crippen molar-refractivity contribution in [2.75, 3.05) is 11.5 Å². The lowest BCUT2D eigenvalue weighted by Crippen LogP contribution is -2.30. The molecule has 1 fully saturated rings. The number of amides is 1. The number of hydrogen-bond acceptors (Lipinski definition) is 7. The zero-order chi connectivity index (χ0) is 24.2. The number of ketones is 1. The molecule has 4 rings (SSSR count). The molecule has 9 heteroatoms. The number of anilines is 1. The lowest BCUT2D eigenvalue weighted by atomic mass is 9.95. The topological polar surface area (TPSA) is 123 Å². The monoisotopic (exact) mass is 459 g/mol. The quantitative estimate of drug-likeness (QED) is 0.183. The first-order chi connectivity index (χ1) is 16.4. The third kappa shape index (κ3) is 4.23.